The van der Waals surface area contributed by atoms with Crippen molar-refractivity contribution in [2.24, 2.45) is 0 Å². The highest BCUT2D eigenvalue weighted by Gasteiger charge is 2.14. The van der Waals surface area contributed by atoms with E-state index < -0.39 is 0 Å². The van der Waals surface area contributed by atoms with Crippen LogP contribution in [0.2, 0.25) is 5.02 Å². The fraction of sp³-hybridized carbons (Fsp3) is 0.0625. The molecule has 0 fully saturated rings. The van der Waals surface area contributed by atoms with Crippen LogP contribution >= 0.6 is 39.1 Å². The average molecular weight is 382 g/mol. The van der Waals surface area contributed by atoms with Gasteiger partial charge in [-0.05, 0) is 45.8 Å². The summed E-state index contributed by atoms with van der Waals surface area (Å²) >= 11 is 16.0. The van der Waals surface area contributed by atoms with Crippen LogP contribution in [0.1, 0.15) is 16.5 Å². The molecule has 106 valence electrons. The van der Waals surface area contributed by atoms with Crippen molar-refractivity contribution in [3.63, 3.8) is 0 Å². The highest BCUT2D eigenvalue weighted by molar-refractivity contribution is 9.10. The van der Waals surface area contributed by atoms with Crippen molar-refractivity contribution in [3.05, 3.63) is 81.5 Å². The Morgan fingerprint density at radius 2 is 1.81 bits per heavy atom. The minimum atomic E-state index is -0.268. The summed E-state index contributed by atoms with van der Waals surface area (Å²) in [4.78, 5) is 0. The maximum atomic E-state index is 6.54. The van der Waals surface area contributed by atoms with E-state index in [2.05, 4.69) is 21.0 Å². The SMILES string of the molecule is Clc1ccc(C(Cl)c2cnn(-c3ccccc3)c2)cc1Br. The number of nitrogens with zero attached hydrogens (tertiary/aromatic N) is 2. The first-order chi connectivity index (χ1) is 10.1. The molecule has 0 aliphatic heterocycles. The molecule has 0 aliphatic rings. The van der Waals surface area contributed by atoms with Crippen molar-refractivity contribution in [2.75, 3.05) is 0 Å². The van der Waals surface area contributed by atoms with Gasteiger partial charge >= 0.3 is 0 Å². The second-order valence-corrected chi connectivity index (χ2v) is 6.29. The average Bonchev–Trinajstić information content (AvgIpc) is 3.00. The van der Waals surface area contributed by atoms with E-state index in [9.17, 15) is 0 Å². The van der Waals surface area contributed by atoms with Gasteiger partial charge in [-0.2, -0.15) is 5.10 Å². The first-order valence-electron chi connectivity index (χ1n) is 6.34. The summed E-state index contributed by atoms with van der Waals surface area (Å²) in [5.74, 6) is 0. The zero-order valence-electron chi connectivity index (χ0n) is 10.9. The predicted molar refractivity (Wildman–Crippen MR) is 90.4 cm³/mol. The Morgan fingerprint density at radius 3 is 2.52 bits per heavy atom. The quantitative estimate of drug-likeness (QED) is 0.538. The third kappa shape index (κ3) is 3.15. The molecule has 1 aromatic heterocycles. The van der Waals surface area contributed by atoms with Crippen LogP contribution < -0.4 is 0 Å². The van der Waals surface area contributed by atoms with Crippen LogP contribution in [0.5, 0.6) is 0 Å². The van der Waals surface area contributed by atoms with Gasteiger partial charge in [0.2, 0.25) is 0 Å². The molecule has 0 spiro atoms. The number of alkyl halides is 1. The molecule has 0 bridgehead atoms. The van der Waals surface area contributed by atoms with Gasteiger partial charge in [0.05, 0.1) is 22.3 Å². The molecule has 2 aromatic carbocycles. The van der Waals surface area contributed by atoms with Crippen molar-refractivity contribution in [2.45, 2.75) is 5.38 Å². The van der Waals surface area contributed by atoms with Gasteiger partial charge in [-0.15, -0.1) is 11.6 Å². The minimum absolute atomic E-state index is 0.268. The van der Waals surface area contributed by atoms with Gasteiger partial charge in [-0.3, -0.25) is 0 Å². The maximum Gasteiger partial charge on any atom is 0.0866 e. The Morgan fingerprint density at radius 1 is 1.05 bits per heavy atom. The van der Waals surface area contributed by atoms with Crippen LogP contribution in [0.4, 0.5) is 0 Å². The largest absolute Gasteiger partial charge is 0.241 e. The monoisotopic (exact) mass is 380 g/mol. The molecule has 0 amide bonds. The molecule has 0 N–H and O–H groups in total. The van der Waals surface area contributed by atoms with Crippen molar-refractivity contribution >= 4 is 39.1 Å². The van der Waals surface area contributed by atoms with Gasteiger partial charge in [0, 0.05) is 16.2 Å². The maximum absolute atomic E-state index is 6.54. The molecule has 0 saturated carbocycles. The van der Waals surface area contributed by atoms with E-state index in [1.54, 1.807) is 6.20 Å². The minimum Gasteiger partial charge on any atom is -0.241 e. The summed E-state index contributed by atoms with van der Waals surface area (Å²) in [6, 6.07) is 15.6. The molecule has 2 nitrogen and oxygen atoms in total. The molecule has 1 heterocycles. The van der Waals surface area contributed by atoms with Gasteiger partial charge in [-0.25, -0.2) is 4.68 Å². The molecule has 0 saturated heterocycles. The van der Waals surface area contributed by atoms with Crippen LogP contribution in [0.25, 0.3) is 5.69 Å². The molecule has 0 radical (unpaired) electrons. The smallest absolute Gasteiger partial charge is 0.0866 e. The summed E-state index contributed by atoms with van der Waals surface area (Å²) in [5.41, 5.74) is 2.92. The molecular formula is C16H11BrCl2N2. The van der Waals surface area contributed by atoms with E-state index in [-0.39, 0.29) is 5.38 Å². The van der Waals surface area contributed by atoms with E-state index >= 15 is 0 Å². The normalized spacial score (nSPS) is 12.3. The van der Waals surface area contributed by atoms with E-state index in [1.807, 2.05) is 59.4 Å². The second-order valence-electron chi connectivity index (χ2n) is 4.59. The Balaban J connectivity index is 1.90. The molecule has 1 unspecified atom stereocenters. The number of hydrogen-bond donors (Lipinski definition) is 0. The molecule has 3 aromatic rings. The number of halogens is 3. The van der Waals surface area contributed by atoms with Gasteiger partial charge in [0.1, 0.15) is 0 Å². The molecule has 0 aliphatic carbocycles. The van der Waals surface area contributed by atoms with Crippen LogP contribution in [-0.2, 0) is 0 Å². The molecule has 1 atom stereocenters. The van der Waals surface area contributed by atoms with Gasteiger partial charge < -0.3 is 0 Å². The first kappa shape index (κ1) is 14.6. The van der Waals surface area contributed by atoms with Gasteiger partial charge in [0.15, 0.2) is 0 Å². The summed E-state index contributed by atoms with van der Waals surface area (Å²) in [6.45, 7) is 0. The fourth-order valence-corrected chi connectivity index (χ4v) is 2.81. The van der Waals surface area contributed by atoms with Crippen LogP contribution in [0, 0.1) is 0 Å². The second kappa shape index (κ2) is 6.22. The zero-order valence-corrected chi connectivity index (χ0v) is 14.0. The highest BCUT2D eigenvalue weighted by Crippen LogP contribution is 2.33. The molecular weight excluding hydrogens is 371 g/mol. The van der Waals surface area contributed by atoms with Crippen LogP contribution in [-0.4, -0.2) is 9.78 Å². The third-order valence-electron chi connectivity index (χ3n) is 3.15. The van der Waals surface area contributed by atoms with Crippen LogP contribution in [0.15, 0.2) is 65.4 Å². The van der Waals surface area contributed by atoms with Gasteiger partial charge in [0.25, 0.3) is 0 Å². The Labute approximate surface area is 141 Å². The fourth-order valence-electron chi connectivity index (χ4n) is 2.05. The van der Waals surface area contributed by atoms with E-state index in [4.69, 9.17) is 23.2 Å². The number of aromatic nitrogens is 2. The number of rotatable bonds is 3. The molecule has 5 heteroatoms. The number of para-hydroxylation sites is 1. The van der Waals surface area contributed by atoms with Crippen molar-refractivity contribution < 1.29 is 0 Å². The van der Waals surface area contributed by atoms with Crippen molar-refractivity contribution in [1.82, 2.24) is 9.78 Å². The molecule has 3 rings (SSSR count). The summed E-state index contributed by atoms with van der Waals surface area (Å²) in [5, 5.41) is 4.77. The number of hydrogen-bond acceptors (Lipinski definition) is 1. The Kier molecular flexibility index (Phi) is 4.34. The van der Waals surface area contributed by atoms with Crippen molar-refractivity contribution in [3.8, 4) is 5.69 Å². The summed E-state index contributed by atoms with van der Waals surface area (Å²) < 4.78 is 2.65. The van der Waals surface area contributed by atoms with Gasteiger partial charge in [-0.1, -0.05) is 35.9 Å². The number of benzene rings is 2. The van der Waals surface area contributed by atoms with E-state index in [1.165, 1.54) is 0 Å². The lowest BCUT2D eigenvalue weighted by Crippen LogP contribution is -1.94. The predicted octanol–water partition coefficient (Wildman–Crippen LogP) is 5.62. The lowest BCUT2D eigenvalue weighted by atomic mass is 10.1. The zero-order chi connectivity index (χ0) is 14.8. The molecule has 21 heavy (non-hydrogen) atoms. The highest BCUT2D eigenvalue weighted by atomic mass is 79.9. The topological polar surface area (TPSA) is 17.8 Å². The lowest BCUT2D eigenvalue weighted by Gasteiger charge is -2.08. The van der Waals surface area contributed by atoms with Crippen molar-refractivity contribution in [1.29, 1.82) is 0 Å². The summed E-state index contributed by atoms with van der Waals surface area (Å²) in [6.07, 6.45) is 3.72. The Hall–Kier alpha value is -1.29. The third-order valence-corrected chi connectivity index (χ3v) is 4.87. The van der Waals surface area contributed by atoms with Crippen LogP contribution in [0.3, 0.4) is 0 Å². The summed E-state index contributed by atoms with van der Waals surface area (Å²) in [7, 11) is 0. The lowest BCUT2D eigenvalue weighted by molar-refractivity contribution is 0.880. The Bertz CT molecular complexity index is 756. The van der Waals surface area contributed by atoms with E-state index in [0.29, 0.717) is 5.02 Å². The first-order valence-corrected chi connectivity index (χ1v) is 7.95. The van der Waals surface area contributed by atoms with E-state index in [0.717, 1.165) is 21.3 Å². The standard InChI is InChI=1S/C16H11BrCl2N2/c17-14-8-11(6-7-15(14)18)16(19)12-9-20-21(10-12)13-4-2-1-3-5-13/h1-10,16H.